The van der Waals surface area contributed by atoms with E-state index in [1.165, 1.54) is 37.4 Å². The minimum Gasteiger partial charge on any atom is -0.465 e. The highest BCUT2D eigenvalue weighted by Gasteiger charge is 2.21. The first-order chi connectivity index (χ1) is 12.6. The van der Waals surface area contributed by atoms with Gasteiger partial charge < -0.3 is 10.1 Å². The maximum Gasteiger partial charge on any atom is 0.339 e. The Kier molecular flexibility index (Phi) is 6.40. The molecule has 0 heterocycles. The Morgan fingerprint density at radius 2 is 1.81 bits per heavy atom. The van der Waals surface area contributed by atoms with Crippen LogP contribution in [0.25, 0.3) is 0 Å². The van der Waals surface area contributed by atoms with Crippen molar-refractivity contribution in [1.29, 1.82) is 0 Å². The van der Waals surface area contributed by atoms with Crippen molar-refractivity contribution in [3.05, 3.63) is 58.9 Å². The topological polar surface area (TPSA) is 92.8 Å². The van der Waals surface area contributed by atoms with Crippen LogP contribution in [0.4, 0.5) is 15.8 Å². The van der Waals surface area contributed by atoms with Crippen LogP contribution >= 0.6 is 11.6 Å². The van der Waals surface area contributed by atoms with Gasteiger partial charge in [-0.2, -0.15) is 0 Å². The number of nitrogens with zero attached hydrogens (tertiary/aromatic N) is 1. The Morgan fingerprint density at radius 3 is 2.37 bits per heavy atom. The molecule has 0 unspecified atom stereocenters. The molecule has 0 bridgehead atoms. The van der Waals surface area contributed by atoms with Crippen molar-refractivity contribution >= 4 is 44.9 Å². The van der Waals surface area contributed by atoms with Gasteiger partial charge in [0, 0.05) is 5.69 Å². The van der Waals surface area contributed by atoms with Crippen LogP contribution in [0, 0.1) is 5.82 Å². The Morgan fingerprint density at radius 1 is 1.19 bits per heavy atom. The van der Waals surface area contributed by atoms with Gasteiger partial charge in [-0.25, -0.2) is 17.6 Å². The highest BCUT2D eigenvalue weighted by molar-refractivity contribution is 7.92. The van der Waals surface area contributed by atoms with Gasteiger partial charge in [-0.15, -0.1) is 0 Å². The highest BCUT2D eigenvalue weighted by Crippen LogP contribution is 2.22. The minimum atomic E-state index is -3.80. The van der Waals surface area contributed by atoms with Gasteiger partial charge in [-0.1, -0.05) is 11.6 Å². The zero-order valence-electron chi connectivity index (χ0n) is 14.4. The molecule has 2 aromatic rings. The van der Waals surface area contributed by atoms with Crippen molar-refractivity contribution in [2.75, 3.05) is 29.5 Å². The molecule has 0 saturated carbocycles. The third-order valence-electron chi connectivity index (χ3n) is 3.46. The smallest absolute Gasteiger partial charge is 0.339 e. The van der Waals surface area contributed by atoms with Crippen LogP contribution in [-0.2, 0) is 19.6 Å². The molecular weight excluding hydrogens is 399 g/mol. The Bertz CT molecular complexity index is 964. The Labute approximate surface area is 160 Å². The normalized spacial score (nSPS) is 11.0. The molecule has 1 N–H and O–H groups in total. The van der Waals surface area contributed by atoms with E-state index in [1.54, 1.807) is 0 Å². The second-order valence-electron chi connectivity index (χ2n) is 5.48. The van der Waals surface area contributed by atoms with E-state index in [4.69, 9.17) is 11.6 Å². The van der Waals surface area contributed by atoms with Crippen LogP contribution < -0.4 is 9.62 Å². The number of ether oxygens (including phenoxy) is 1. The molecule has 7 nitrogen and oxygen atoms in total. The van der Waals surface area contributed by atoms with Gasteiger partial charge in [-0.05, 0) is 42.5 Å². The quantitative estimate of drug-likeness (QED) is 0.733. The molecule has 0 aliphatic rings. The summed E-state index contributed by atoms with van der Waals surface area (Å²) >= 11 is 5.91. The van der Waals surface area contributed by atoms with E-state index >= 15 is 0 Å². The van der Waals surface area contributed by atoms with Crippen LogP contribution in [-0.4, -0.2) is 40.2 Å². The summed E-state index contributed by atoms with van der Waals surface area (Å²) in [6.07, 6.45) is 0.932. The molecule has 2 aromatic carbocycles. The molecule has 0 aliphatic heterocycles. The van der Waals surface area contributed by atoms with Crippen molar-refractivity contribution in [3.63, 3.8) is 0 Å². The molecule has 10 heteroatoms. The fraction of sp³-hybridized carbons (Fsp3) is 0.176. The first-order valence-electron chi connectivity index (χ1n) is 7.53. The van der Waals surface area contributed by atoms with Gasteiger partial charge in [0.15, 0.2) is 0 Å². The fourth-order valence-electron chi connectivity index (χ4n) is 2.21. The molecule has 144 valence electrons. The molecule has 0 atom stereocenters. The number of carbonyl (C=O) groups is 2. The highest BCUT2D eigenvalue weighted by atomic mass is 35.5. The van der Waals surface area contributed by atoms with E-state index in [-0.39, 0.29) is 22.0 Å². The number of rotatable bonds is 6. The molecule has 0 spiro atoms. The lowest BCUT2D eigenvalue weighted by Gasteiger charge is -2.22. The number of sulfonamides is 1. The molecule has 2 rings (SSSR count). The van der Waals surface area contributed by atoms with Crippen LogP contribution in [0.3, 0.4) is 0 Å². The number of anilines is 2. The summed E-state index contributed by atoms with van der Waals surface area (Å²) in [6, 6.07) is 8.85. The summed E-state index contributed by atoms with van der Waals surface area (Å²) in [7, 11) is -2.60. The standard InChI is InChI=1S/C17H16ClFN2O5S/c1-26-17(23)14-9-12(5-8-15(14)18)20-16(22)10-21(27(2,24)25)13-6-3-11(19)4-7-13/h3-9H,10H2,1-2H3,(H,20,22). The predicted octanol–water partition coefficient (Wildman–Crippen LogP) is 2.67. The molecular formula is C17H16ClFN2O5S. The van der Waals surface area contributed by atoms with Gasteiger partial charge >= 0.3 is 5.97 Å². The van der Waals surface area contributed by atoms with E-state index < -0.39 is 34.3 Å². The second kappa shape index (κ2) is 8.36. The van der Waals surface area contributed by atoms with E-state index in [0.717, 1.165) is 22.7 Å². The fourth-order valence-corrected chi connectivity index (χ4v) is 3.26. The largest absolute Gasteiger partial charge is 0.465 e. The number of halogens is 2. The average molecular weight is 415 g/mol. The van der Waals surface area contributed by atoms with Gasteiger partial charge in [0.2, 0.25) is 15.9 Å². The average Bonchev–Trinajstić information content (AvgIpc) is 2.60. The second-order valence-corrected chi connectivity index (χ2v) is 7.79. The molecule has 0 aliphatic carbocycles. The van der Waals surface area contributed by atoms with Crippen molar-refractivity contribution < 1.29 is 27.1 Å². The third-order valence-corrected chi connectivity index (χ3v) is 4.93. The van der Waals surface area contributed by atoms with Crippen LogP contribution in [0.2, 0.25) is 5.02 Å². The van der Waals surface area contributed by atoms with Crippen molar-refractivity contribution in [2.24, 2.45) is 0 Å². The number of methoxy groups -OCH3 is 1. The van der Waals surface area contributed by atoms with Gasteiger partial charge in [0.25, 0.3) is 0 Å². The molecule has 0 aromatic heterocycles. The Hall–Kier alpha value is -2.65. The number of hydrogen-bond donors (Lipinski definition) is 1. The van der Waals surface area contributed by atoms with Gasteiger partial charge in [-0.3, -0.25) is 9.10 Å². The summed E-state index contributed by atoms with van der Waals surface area (Å²) in [6.45, 7) is -0.541. The van der Waals surface area contributed by atoms with Crippen molar-refractivity contribution in [2.45, 2.75) is 0 Å². The summed E-state index contributed by atoms with van der Waals surface area (Å²) in [5.41, 5.74) is 0.424. The zero-order valence-corrected chi connectivity index (χ0v) is 16.0. The Balaban J connectivity index is 2.22. The number of hydrogen-bond acceptors (Lipinski definition) is 5. The summed E-state index contributed by atoms with van der Waals surface area (Å²) < 4.78 is 42.5. The number of esters is 1. The number of benzene rings is 2. The van der Waals surface area contributed by atoms with Crippen LogP contribution in [0.5, 0.6) is 0 Å². The van der Waals surface area contributed by atoms with E-state index in [2.05, 4.69) is 10.1 Å². The zero-order chi connectivity index (χ0) is 20.2. The summed E-state index contributed by atoms with van der Waals surface area (Å²) in [4.78, 5) is 24.0. The lowest BCUT2D eigenvalue weighted by molar-refractivity contribution is -0.114. The van der Waals surface area contributed by atoms with Crippen molar-refractivity contribution in [1.82, 2.24) is 0 Å². The van der Waals surface area contributed by atoms with Crippen LogP contribution in [0.15, 0.2) is 42.5 Å². The minimum absolute atomic E-state index is 0.0514. The first-order valence-corrected chi connectivity index (χ1v) is 9.75. The summed E-state index contributed by atoms with van der Waals surface area (Å²) in [5.74, 6) is -1.88. The SMILES string of the molecule is COC(=O)c1cc(NC(=O)CN(c2ccc(F)cc2)S(C)(=O)=O)ccc1Cl. The molecule has 0 fully saturated rings. The van der Waals surface area contributed by atoms with Gasteiger partial charge in [0.05, 0.1) is 29.6 Å². The molecule has 1 amide bonds. The lowest BCUT2D eigenvalue weighted by Crippen LogP contribution is -2.37. The van der Waals surface area contributed by atoms with Crippen LogP contribution in [0.1, 0.15) is 10.4 Å². The first kappa shape index (κ1) is 20.7. The monoisotopic (exact) mass is 414 g/mol. The number of nitrogens with one attached hydrogen (secondary N) is 1. The maximum absolute atomic E-state index is 13.1. The predicted molar refractivity (Wildman–Crippen MR) is 100 cm³/mol. The molecule has 0 radical (unpaired) electrons. The van der Waals surface area contributed by atoms with E-state index in [1.807, 2.05) is 0 Å². The van der Waals surface area contributed by atoms with E-state index in [0.29, 0.717) is 0 Å². The maximum atomic E-state index is 13.1. The number of amides is 1. The van der Waals surface area contributed by atoms with Crippen molar-refractivity contribution in [3.8, 4) is 0 Å². The number of carbonyl (C=O) groups excluding carboxylic acids is 2. The molecule has 27 heavy (non-hydrogen) atoms. The lowest BCUT2D eigenvalue weighted by atomic mass is 10.2. The third kappa shape index (κ3) is 5.41. The van der Waals surface area contributed by atoms with Gasteiger partial charge in [0.1, 0.15) is 12.4 Å². The molecule has 0 saturated heterocycles. The van der Waals surface area contributed by atoms with E-state index in [9.17, 15) is 22.4 Å². The summed E-state index contributed by atoms with van der Waals surface area (Å²) in [5, 5.41) is 2.63.